The average molecular weight is 665 g/mol. The summed E-state index contributed by atoms with van der Waals surface area (Å²) in [5.41, 5.74) is 1.68. The van der Waals surface area contributed by atoms with Gasteiger partial charge in [-0.15, -0.1) is 6.58 Å². The van der Waals surface area contributed by atoms with Gasteiger partial charge in [-0.3, -0.25) is 0 Å². The SMILES string of the molecule is C=CCCC(O)C[C@@H]1O[C@H](COCc2ccccc2)[C@H](OC(=O)c2ccccc2)[C@H](OC(=O)c2ccccc2)[C@H]1OC(=O)c1ccccc1. The molecule has 6 atom stereocenters. The van der Waals surface area contributed by atoms with Crippen LogP contribution >= 0.6 is 0 Å². The molecule has 0 bridgehead atoms. The van der Waals surface area contributed by atoms with Crippen LogP contribution in [0.2, 0.25) is 0 Å². The number of carbonyl (C=O) groups excluding carboxylic acids is 3. The third-order valence-corrected chi connectivity index (χ3v) is 8.09. The lowest BCUT2D eigenvalue weighted by Gasteiger charge is -2.45. The molecule has 1 heterocycles. The first kappa shape index (κ1) is 35.2. The molecule has 0 spiro atoms. The second-order valence-electron chi connectivity index (χ2n) is 11.7. The van der Waals surface area contributed by atoms with Crippen molar-refractivity contribution < 1.29 is 43.2 Å². The van der Waals surface area contributed by atoms with Gasteiger partial charge in [0.1, 0.15) is 12.2 Å². The average Bonchev–Trinajstić information content (AvgIpc) is 3.14. The van der Waals surface area contributed by atoms with Crippen LogP contribution < -0.4 is 0 Å². The van der Waals surface area contributed by atoms with Gasteiger partial charge in [-0.25, -0.2) is 14.4 Å². The summed E-state index contributed by atoms with van der Waals surface area (Å²) >= 11 is 0. The number of aliphatic hydroxyl groups is 1. The van der Waals surface area contributed by atoms with E-state index >= 15 is 0 Å². The largest absolute Gasteiger partial charge is 0.452 e. The molecule has 4 aromatic carbocycles. The molecule has 9 nitrogen and oxygen atoms in total. The molecule has 49 heavy (non-hydrogen) atoms. The zero-order valence-electron chi connectivity index (χ0n) is 27.0. The van der Waals surface area contributed by atoms with Gasteiger partial charge in [-0.05, 0) is 54.8 Å². The molecule has 1 aliphatic rings. The van der Waals surface area contributed by atoms with E-state index in [4.69, 9.17) is 23.7 Å². The molecule has 1 unspecified atom stereocenters. The van der Waals surface area contributed by atoms with E-state index in [9.17, 15) is 19.5 Å². The fourth-order valence-electron chi connectivity index (χ4n) is 5.59. The first-order valence-corrected chi connectivity index (χ1v) is 16.3. The lowest BCUT2D eigenvalue weighted by atomic mass is 9.90. The molecule has 1 aliphatic heterocycles. The molecule has 0 aromatic heterocycles. The molecule has 254 valence electrons. The van der Waals surface area contributed by atoms with Gasteiger partial charge in [-0.1, -0.05) is 91.0 Å². The van der Waals surface area contributed by atoms with Crippen LogP contribution in [0.4, 0.5) is 0 Å². The Bertz CT molecular complexity index is 1630. The highest BCUT2D eigenvalue weighted by Crippen LogP contribution is 2.33. The number of aliphatic hydroxyl groups excluding tert-OH is 1. The number of hydrogen-bond donors (Lipinski definition) is 1. The van der Waals surface area contributed by atoms with Gasteiger partial charge in [0, 0.05) is 6.42 Å². The Labute approximate surface area is 286 Å². The lowest BCUT2D eigenvalue weighted by Crippen LogP contribution is -2.63. The summed E-state index contributed by atoms with van der Waals surface area (Å²) in [5.74, 6) is -2.11. The van der Waals surface area contributed by atoms with Gasteiger partial charge in [-0.2, -0.15) is 0 Å². The summed E-state index contributed by atoms with van der Waals surface area (Å²) in [4.78, 5) is 40.8. The van der Waals surface area contributed by atoms with Crippen molar-refractivity contribution in [2.45, 2.75) is 62.5 Å². The highest BCUT2D eigenvalue weighted by molar-refractivity contribution is 5.91. The molecular formula is C40H40O9. The molecule has 0 saturated carbocycles. The van der Waals surface area contributed by atoms with Crippen LogP contribution in [-0.2, 0) is 30.3 Å². The number of carbonyl (C=O) groups is 3. The van der Waals surface area contributed by atoms with Crippen LogP contribution in [0.3, 0.4) is 0 Å². The smallest absolute Gasteiger partial charge is 0.338 e. The Hall–Kier alpha value is -5.09. The highest BCUT2D eigenvalue weighted by Gasteiger charge is 2.53. The summed E-state index contributed by atoms with van der Waals surface area (Å²) in [6.07, 6.45) is -4.09. The van der Waals surface area contributed by atoms with Crippen LogP contribution in [0.15, 0.2) is 134 Å². The molecular weight excluding hydrogens is 624 g/mol. The van der Waals surface area contributed by atoms with Crippen LogP contribution in [0.1, 0.15) is 55.9 Å². The fraction of sp³-hybridized carbons (Fsp3) is 0.275. The minimum Gasteiger partial charge on any atom is -0.452 e. The third kappa shape index (κ3) is 9.96. The number of allylic oxidation sites excluding steroid dienone is 1. The van der Waals surface area contributed by atoms with Crippen LogP contribution in [-0.4, -0.2) is 66.2 Å². The van der Waals surface area contributed by atoms with E-state index < -0.39 is 54.5 Å². The number of esters is 3. The van der Waals surface area contributed by atoms with Gasteiger partial charge in [0.2, 0.25) is 0 Å². The molecule has 9 heteroatoms. The first-order valence-electron chi connectivity index (χ1n) is 16.3. The summed E-state index contributed by atoms with van der Waals surface area (Å²) in [7, 11) is 0. The van der Waals surface area contributed by atoms with E-state index in [0.29, 0.717) is 12.8 Å². The quantitative estimate of drug-likeness (QED) is 0.0880. The molecule has 0 radical (unpaired) electrons. The molecule has 1 N–H and O–H groups in total. The number of hydrogen-bond acceptors (Lipinski definition) is 9. The maximum Gasteiger partial charge on any atom is 0.338 e. The van der Waals surface area contributed by atoms with Crippen LogP contribution in [0.25, 0.3) is 0 Å². The van der Waals surface area contributed by atoms with Gasteiger partial charge in [0.15, 0.2) is 18.3 Å². The van der Waals surface area contributed by atoms with Crippen molar-refractivity contribution in [3.8, 4) is 0 Å². The van der Waals surface area contributed by atoms with E-state index in [1.54, 1.807) is 97.1 Å². The Balaban J connectivity index is 1.53. The molecule has 1 saturated heterocycles. The van der Waals surface area contributed by atoms with Crippen molar-refractivity contribution in [1.29, 1.82) is 0 Å². The zero-order valence-corrected chi connectivity index (χ0v) is 27.0. The molecule has 0 aliphatic carbocycles. The Kier molecular flexibility index (Phi) is 12.9. The summed E-state index contributed by atoms with van der Waals surface area (Å²) < 4.78 is 30.9. The molecule has 1 fully saturated rings. The van der Waals surface area contributed by atoms with Crippen molar-refractivity contribution >= 4 is 17.9 Å². The second kappa shape index (κ2) is 17.9. The van der Waals surface area contributed by atoms with E-state index in [1.807, 2.05) is 30.3 Å². The number of benzene rings is 4. The Morgan fingerprint density at radius 3 is 1.55 bits per heavy atom. The van der Waals surface area contributed by atoms with Crippen molar-refractivity contribution in [1.82, 2.24) is 0 Å². The van der Waals surface area contributed by atoms with Crippen LogP contribution in [0, 0.1) is 0 Å². The van der Waals surface area contributed by atoms with Crippen molar-refractivity contribution in [3.05, 3.63) is 156 Å². The third-order valence-electron chi connectivity index (χ3n) is 8.09. The standard InChI is InChI=1S/C40H40O9/c1-2-3-24-32(41)25-33-35(47-38(42)29-18-10-5-11-19-29)37(49-40(44)31-22-14-7-15-23-31)36(48-39(43)30-20-12-6-13-21-30)34(46-33)27-45-26-28-16-8-4-9-17-28/h2,4-23,32-37,41H,1,3,24-27H2/t32?,33-,34+,35-,36-,37+/m0/s1. The van der Waals surface area contributed by atoms with E-state index in [0.717, 1.165) is 5.56 Å². The fourth-order valence-corrected chi connectivity index (χ4v) is 5.59. The molecule has 0 amide bonds. The number of ether oxygens (including phenoxy) is 5. The predicted octanol–water partition coefficient (Wildman–Crippen LogP) is 6.36. The normalized spacial score (nSPS) is 20.8. The van der Waals surface area contributed by atoms with E-state index in [1.165, 1.54) is 0 Å². The Morgan fingerprint density at radius 2 is 1.08 bits per heavy atom. The van der Waals surface area contributed by atoms with Gasteiger partial charge in [0.25, 0.3) is 0 Å². The summed E-state index contributed by atoms with van der Waals surface area (Å²) in [6, 6.07) is 34.6. The minimum atomic E-state index is -1.34. The van der Waals surface area contributed by atoms with Crippen molar-refractivity contribution in [2.75, 3.05) is 6.61 Å². The van der Waals surface area contributed by atoms with Gasteiger partial charge in [0.05, 0.1) is 36.0 Å². The highest BCUT2D eigenvalue weighted by atomic mass is 16.7. The zero-order chi connectivity index (χ0) is 34.4. The maximum atomic E-state index is 13.7. The lowest BCUT2D eigenvalue weighted by molar-refractivity contribution is -0.237. The maximum absolute atomic E-state index is 13.7. The molecule has 5 rings (SSSR count). The van der Waals surface area contributed by atoms with Gasteiger partial charge >= 0.3 is 17.9 Å². The van der Waals surface area contributed by atoms with E-state index in [2.05, 4.69) is 6.58 Å². The van der Waals surface area contributed by atoms with Crippen molar-refractivity contribution in [2.24, 2.45) is 0 Å². The predicted molar refractivity (Wildman–Crippen MR) is 182 cm³/mol. The monoisotopic (exact) mass is 664 g/mol. The minimum absolute atomic E-state index is 0.0223. The van der Waals surface area contributed by atoms with E-state index in [-0.39, 0.29) is 36.3 Å². The first-order chi connectivity index (χ1) is 23.9. The number of rotatable bonds is 15. The topological polar surface area (TPSA) is 118 Å². The second-order valence-corrected chi connectivity index (χ2v) is 11.7. The van der Waals surface area contributed by atoms with Crippen LogP contribution in [0.5, 0.6) is 0 Å². The summed E-state index contributed by atoms with van der Waals surface area (Å²) in [6.45, 7) is 3.90. The molecule has 4 aromatic rings. The Morgan fingerprint density at radius 1 is 0.653 bits per heavy atom. The summed E-state index contributed by atoms with van der Waals surface area (Å²) in [5, 5.41) is 11.0. The van der Waals surface area contributed by atoms with Gasteiger partial charge < -0.3 is 28.8 Å². The van der Waals surface area contributed by atoms with Crippen molar-refractivity contribution in [3.63, 3.8) is 0 Å².